The lowest BCUT2D eigenvalue weighted by Crippen LogP contribution is -2.45. The molecule has 0 radical (unpaired) electrons. The zero-order chi connectivity index (χ0) is 18.5. The Balaban J connectivity index is 1.49. The Morgan fingerprint density at radius 2 is 1.88 bits per heavy atom. The molecule has 1 N–H and O–H groups in total. The summed E-state index contributed by atoms with van der Waals surface area (Å²) in [5.74, 6) is -0.0301. The summed E-state index contributed by atoms with van der Waals surface area (Å²) < 4.78 is 0. The lowest BCUT2D eigenvalue weighted by molar-refractivity contribution is -0.380. The van der Waals surface area contributed by atoms with Crippen LogP contribution in [0.3, 0.4) is 0 Å². The number of anilines is 1. The number of nitrogens with zero attached hydrogens (tertiary/aromatic N) is 4. The quantitative estimate of drug-likeness (QED) is 0.613. The van der Waals surface area contributed by atoms with Crippen molar-refractivity contribution in [3.63, 3.8) is 0 Å². The van der Waals surface area contributed by atoms with Crippen molar-refractivity contribution in [1.82, 2.24) is 15.2 Å². The number of rotatable bonds is 6. The van der Waals surface area contributed by atoms with Gasteiger partial charge in [0.25, 0.3) is 0 Å². The van der Waals surface area contributed by atoms with Gasteiger partial charge in [-0.1, -0.05) is 24.3 Å². The fourth-order valence-corrected chi connectivity index (χ4v) is 3.62. The van der Waals surface area contributed by atoms with Crippen LogP contribution < -0.4 is 10.2 Å². The number of carbonyl (C=O) groups excluding carboxylic acids is 1. The van der Waals surface area contributed by atoms with E-state index < -0.39 is 4.92 Å². The van der Waals surface area contributed by atoms with E-state index in [0.29, 0.717) is 6.54 Å². The maximum absolute atomic E-state index is 11.0. The minimum atomic E-state index is -0.396. The summed E-state index contributed by atoms with van der Waals surface area (Å²) in [5, 5.41) is 14.4. The largest absolute Gasteiger partial charge is 0.352 e. The smallest absolute Gasteiger partial charge is 0.345 e. The van der Waals surface area contributed by atoms with Crippen molar-refractivity contribution in [2.45, 2.75) is 20.0 Å². The van der Waals surface area contributed by atoms with E-state index in [2.05, 4.69) is 32.2 Å². The fourth-order valence-electron chi connectivity index (χ4n) is 2.83. The molecule has 0 bridgehead atoms. The summed E-state index contributed by atoms with van der Waals surface area (Å²) in [7, 11) is 0. The Bertz CT molecular complexity index is 769. The van der Waals surface area contributed by atoms with Crippen molar-refractivity contribution in [3.8, 4) is 0 Å². The van der Waals surface area contributed by atoms with E-state index in [0.717, 1.165) is 54.8 Å². The average molecular weight is 375 g/mol. The highest BCUT2D eigenvalue weighted by Gasteiger charge is 2.21. The monoisotopic (exact) mass is 375 g/mol. The zero-order valence-electron chi connectivity index (χ0n) is 14.6. The van der Waals surface area contributed by atoms with Gasteiger partial charge in [0, 0.05) is 46.2 Å². The van der Waals surface area contributed by atoms with Gasteiger partial charge in [-0.25, -0.2) is 4.98 Å². The van der Waals surface area contributed by atoms with Crippen LogP contribution in [0, 0.1) is 10.1 Å². The summed E-state index contributed by atoms with van der Waals surface area (Å²) in [6.45, 7) is 6.33. The third kappa shape index (κ3) is 4.77. The van der Waals surface area contributed by atoms with Crippen LogP contribution in [0.25, 0.3) is 0 Å². The van der Waals surface area contributed by atoms with Crippen molar-refractivity contribution in [2.24, 2.45) is 0 Å². The molecule has 0 saturated carbocycles. The number of piperazine rings is 1. The predicted molar refractivity (Wildman–Crippen MR) is 100 cm³/mol. The first-order valence-electron chi connectivity index (χ1n) is 8.41. The zero-order valence-corrected chi connectivity index (χ0v) is 15.4. The number of thiazole rings is 1. The van der Waals surface area contributed by atoms with Gasteiger partial charge < -0.3 is 10.2 Å². The fraction of sp³-hybridized carbons (Fsp3) is 0.412. The summed E-state index contributed by atoms with van der Waals surface area (Å²) in [6, 6.07) is 8.26. The second-order valence-electron chi connectivity index (χ2n) is 6.23. The van der Waals surface area contributed by atoms with Gasteiger partial charge in [-0.2, -0.15) is 0 Å². The van der Waals surface area contributed by atoms with Crippen LogP contribution in [-0.2, 0) is 17.9 Å². The number of hydrogen-bond acceptors (Lipinski definition) is 7. The van der Waals surface area contributed by atoms with Crippen molar-refractivity contribution in [2.75, 3.05) is 31.1 Å². The van der Waals surface area contributed by atoms with E-state index >= 15 is 0 Å². The topological polar surface area (TPSA) is 91.6 Å². The minimum absolute atomic E-state index is 0.0301. The van der Waals surface area contributed by atoms with E-state index in [9.17, 15) is 14.9 Å². The van der Waals surface area contributed by atoms with Crippen molar-refractivity contribution in [3.05, 3.63) is 51.7 Å². The van der Waals surface area contributed by atoms with Crippen molar-refractivity contribution < 1.29 is 9.72 Å². The summed E-state index contributed by atoms with van der Waals surface area (Å²) in [6.07, 6.45) is 1.33. The Morgan fingerprint density at radius 1 is 1.23 bits per heavy atom. The first-order valence-corrected chi connectivity index (χ1v) is 9.22. The number of aromatic nitrogens is 1. The van der Waals surface area contributed by atoms with Gasteiger partial charge in [0.15, 0.2) is 5.13 Å². The number of amides is 1. The molecule has 0 atom stereocenters. The molecule has 1 aliphatic heterocycles. The number of carbonyl (C=O) groups is 1. The molecule has 0 unspecified atom stereocenters. The van der Waals surface area contributed by atoms with Crippen LogP contribution in [-0.4, -0.2) is 46.9 Å². The minimum Gasteiger partial charge on any atom is -0.352 e. The normalized spacial score (nSPS) is 15.0. The summed E-state index contributed by atoms with van der Waals surface area (Å²) >= 11 is 1.13. The van der Waals surface area contributed by atoms with E-state index in [-0.39, 0.29) is 10.9 Å². The molecule has 1 aliphatic rings. The van der Waals surface area contributed by atoms with Gasteiger partial charge in [-0.05, 0) is 22.5 Å². The second-order valence-corrected chi connectivity index (χ2v) is 7.22. The van der Waals surface area contributed by atoms with E-state index in [1.165, 1.54) is 18.7 Å². The molecule has 2 aromatic rings. The van der Waals surface area contributed by atoms with E-state index in [1.807, 2.05) is 12.1 Å². The van der Waals surface area contributed by atoms with Gasteiger partial charge in [0.05, 0.1) is 4.92 Å². The van der Waals surface area contributed by atoms with E-state index in [4.69, 9.17) is 0 Å². The molecule has 8 nitrogen and oxygen atoms in total. The standard InChI is InChI=1S/C17H21N5O3S/c1-13(23)18-10-14-2-4-15(5-3-14)12-20-6-8-21(9-7-20)17-19-11-16(26-17)22(24)25/h2-5,11H,6-10,12H2,1H3,(H,18,23). The molecular formula is C17H21N5O3S. The number of nitro groups is 1. The second kappa shape index (κ2) is 8.24. The lowest BCUT2D eigenvalue weighted by atomic mass is 10.1. The van der Waals surface area contributed by atoms with E-state index in [1.54, 1.807) is 0 Å². The predicted octanol–water partition coefficient (Wildman–Crippen LogP) is 2.01. The molecule has 1 aromatic heterocycles. The molecular weight excluding hydrogens is 354 g/mol. The molecule has 2 heterocycles. The van der Waals surface area contributed by atoms with Gasteiger partial charge in [-0.3, -0.25) is 19.8 Å². The van der Waals surface area contributed by atoms with Crippen LogP contribution in [0.4, 0.5) is 10.1 Å². The van der Waals surface area contributed by atoms with Crippen LogP contribution in [0.2, 0.25) is 0 Å². The Kier molecular flexibility index (Phi) is 5.79. The maximum atomic E-state index is 11.0. The van der Waals surface area contributed by atoms with Gasteiger partial charge in [-0.15, -0.1) is 0 Å². The molecule has 1 amide bonds. The SMILES string of the molecule is CC(=O)NCc1ccc(CN2CCN(c3ncc([N+](=O)[O-])s3)CC2)cc1. The third-order valence-electron chi connectivity index (χ3n) is 4.27. The molecule has 1 fully saturated rings. The van der Waals surface area contributed by atoms with Gasteiger partial charge in [0.1, 0.15) is 6.20 Å². The number of hydrogen-bond donors (Lipinski definition) is 1. The molecule has 1 aromatic carbocycles. The van der Waals surface area contributed by atoms with Crippen LogP contribution in [0.1, 0.15) is 18.1 Å². The Labute approximate surface area is 155 Å². The molecule has 138 valence electrons. The highest BCUT2D eigenvalue weighted by molar-refractivity contribution is 7.18. The maximum Gasteiger partial charge on any atom is 0.345 e. The van der Waals surface area contributed by atoms with Crippen LogP contribution in [0.5, 0.6) is 0 Å². The summed E-state index contributed by atoms with van der Waals surface area (Å²) in [4.78, 5) is 30.0. The molecule has 9 heteroatoms. The first-order chi connectivity index (χ1) is 12.5. The van der Waals surface area contributed by atoms with Gasteiger partial charge >= 0.3 is 5.00 Å². The van der Waals surface area contributed by atoms with Crippen LogP contribution in [0.15, 0.2) is 30.5 Å². The Morgan fingerprint density at radius 3 is 2.46 bits per heavy atom. The van der Waals surface area contributed by atoms with Crippen molar-refractivity contribution in [1.29, 1.82) is 0 Å². The van der Waals surface area contributed by atoms with Crippen LogP contribution >= 0.6 is 11.3 Å². The first kappa shape index (κ1) is 18.3. The number of benzene rings is 1. The number of nitrogens with one attached hydrogen (secondary N) is 1. The highest BCUT2D eigenvalue weighted by atomic mass is 32.1. The molecule has 0 aliphatic carbocycles. The highest BCUT2D eigenvalue weighted by Crippen LogP contribution is 2.28. The molecule has 1 saturated heterocycles. The Hall–Kier alpha value is -2.52. The molecule has 3 rings (SSSR count). The third-order valence-corrected chi connectivity index (χ3v) is 5.28. The summed E-state index contributed by atoms with van der Waals surface area (Å²) in [5.41, 5.74) is 2.31. The lowest BCUT2D eigenvalue weighted by Gasteiger charge is -2.34. The van der Waals surface area contributed by atoms with Gasteiger partial charge in [0.2, 0.25) is 5.91 Å². The van der Waals surface area contributed by atoms with Crippen molar-refractivity contribution >= 4 is 27.4 Å². The molecule has 26 heavy (non-hydrogen) atoms. The molecule has 0 spiro atoms. The average Bonchev–Trinajstić information content (AvgIpc) is 3.12.